The predicted molar refractivity (Wildman–Crippen MR) is 185 cm³/mol. The van der Waals surface area contributed by atoms with E-state index in [0.29, 0.717) is 37.6 Å². The van der Waals surface area contributed by atoms with Crippen molar-refractivity contribution in [2.24, 2.45) is 5.73 Å². The molecule has 0 aliphatic carbocycles. The first-order valence-electron chi connectivity index (χ1n) is 16.4. The highest BCUT2D eigenvalue weighted by Gasteiger charge is 2.29. The fourth-order valence-electron chi connectivity index (χ4n) is 6.72. The summed E-state index contributed by atoms with van der Waals surface area (Å²) in [6.07, 6.45) is 6.68. The Bertz CT molecular complexity index is 1520. The molecule has 4 N–H and O–H groups in total. The van der Waals surface area contributed by atoms with Gasteiger partial charge in [0.05, 0.1) is 17.6 Å². The van der Waals surface area contributed by atoms with Crippen molar-refractivity contribution in [3.05, 3.63) is 53.5 Å². The molecule has 13 nitrogen and oxygen atoms in total. The van der Waals surface area contributed by atoms with Gasteiger partial charge in [-0.3, -0.25) is 19.0 Å². The lowest BCUT2D eigenvalue weighted by Gasteiger charge is -2.43. The molecule has 3 aliphatic rings. The Morgan fingerprint density at radius 2 is 1.66 bits per heavy atom. The van der Waals surface area contributed by atoms with E-state index in [1.807, 2.05) is 17.9 Å². The monoisotopic (exact) mass is 670 g/mol. The van der Waals surface area contributed by atoms with E-state index in [1.54, 1.807) is 0 Å². The average Bonchev–Trinajstić information content (AvgIpc) is 3.04. The maximum atomic E-state index is 12.4. The zero-order valence-corrected chi connectivity index (χ0v) is 28.9. The first-order valence-corrected chi connectivity index (χ1v) is 18.2. The number of amides is 2. The number of primary amides is 1. The second kappa shape index (κ2) is 16.0. The Morgan fingerprint density at radius 3 is 2.19 bits per heavy atom. The molecular weight excluding hydrogens is 620 g/mol. The molecular formula is C33H50N8O5S. The number of aromatic nitrogens is 2. The maximum absolute atomic E-state index is 12.4. The standard InChI is InChI=1S/C32H46N8O2.CH4O3S/c1-5-26-29(23-9-13-40(14-10-23)28(41)6-2)36-32(30(35-26)31(33)42)34-24-7-8-27(22(3)21-24)39-15-11-25(12-16-39)38-19-17-37(4)18-20-38;1-5(2,3)4/h6-8,21,23,25H,2,5,9-20H2,1,3-4H3,(H2,33,42)(H,34,36);1H3,(H,2,3,4). The number of nitrogens with zero attached hydrogens (tertiary/aromatic N) is 6. The first kappa shape index (κ1) is 36.2. The number of likely N-dealkylation sites (N-methyl/N-ethyl adjacent to an activating group) is 1. The van der Waals surface area contributed by atoms with Crippen LogP contribution >= 0.6 is 0 Å². The van der Waals surface area contributed by atoms with Crippen LogP contribution in [-0.2, 0) is 21.3 Å². The smallest absolute Gasteiger partial charge is 0.271 e. The van der Waals surface area contributed by atoms with E-state index in [4.69, 9.17) is 15.3 Å². The number of carbonyl (C=O) groups is 2. The number of benzene rings is 1. The van der Waals surface area contributed by atoms with Crippen molar-refractivity contribution < 1.29 is 22.6 Å². The van der Waals surface area contributed by atoms with Gasteiger partial charge in [0.2, 0.25) is 5.91 Å². The number of nitrogens with two attached hydrogens (primary N) is 1. The number of carbonyl (C=O) groups excluding carboxylic acids is 2. The molecule has 3 saturated heterocycles. The molecule has 0 bridgehead atoms. The summed E-state index contributed by atoms with van der Waals surface area (Å²) in [5.41, 5.74) is 10.9. The Kier molecular flexibility index (Phi) is 12.3. The number of hydrogen-bond acceptors (Lipinski definition) is 10. The predicted octanol–water partition coefficient (Wildman–Crippen LogP) is 2.80. The molecule has 3 fully saturated rings. The van der Waals surface area contributed by atoms with Crippen molar-refractivity contribution in [2.45, 2.75) is 57.9 Å². The average molecular weight is 671 g/mol. The van der Waals surface area contributed by atoms with E-state index in [1.165, 1.54) is 43.3 Å². The number of piperidine rings is 2. The molecule has 258 valence electrons. The minimum absolute atomic E-state index is 0.0418. The molecule has 0 spiro atoms. The van der Waals surface area contributed by atoms with Gasteiger partial charge in [0.1, 0.15) is 0 Å². The van der Waals surface area contributed by atoms with E-state index in [2.05, 4.69) is 57.7 Å². The Labute approximate surface area is 279 Å². The van der Waals surface area contributed by atoms with Crippen LogP contribution in [0, 0.1) is 6.92 Å². The van der Waals surface area contributed by atoms with Crippen molar-refractivity contribution >= 4 is 39.1 Å². The second-order valence-corrected chi connectivity index (χ2v) is 14.2. The summed E-state index contributed by atoms with van der Waals surface area (Å²) in [5, 5.41) is 3.36. The van der Waals surface area contributed by atoms with E-state index < -0.39 is 16.0 Å². The molecule has 5 rings (SSSR count). The largest absolute Gasteiger partial charge is 0.371 e. The third kappa shape index (κ3) is 9.95. The van der Waals surface area contributed by atoms with Crippen molar-refractivity contribution in [2.75, 3.05) is 75.9 Å². The van der Waals surface area contributed by atoms with Gasteiger partial charge in [0.25, 0.3) is 16.0 Å². The van der Waals surface area contributed by atoms with Crippen LogP contribution in [0.4, 0.5) is 17.2 Å². The van der Waals surface area contributed by atoms with Gasteiger partial charge in [0.15, 0.2) is 11.5 Å². The highest BCUT2D eigenvalue weighted by molar-refractivity contribution is 7.85. The van der Waals surface area contributed by atoms with E-state index in [9.17, 15) is 18.0 Å². The van der Waals surface area contributed by atoms with Crippen LogP contribution in [0.2, 0.25) is 0 Å². The van der Waals surface area contributed by atoms with E-state index in [0.717, 1.165) is 56.1 Å². The van der Waals surface area contributed by atoms with Gasteiger partial charge in [-0.15, -0.1) is 0 Å². The van der Waals surface area contributed by atoms with Crippen LogP contribution in [0.3, 0.4) is 0 Å². The van der Waals surface area contributed by atoms with Gasteiger partial charge in [-0.1, -0.05) is 13.5 Å². The van der Waals surface area contributed by atoms with Crippen molar-refractivity contribution in [1.82, 2.24) is 24.7 Å². The Balaban J connectivity index is 0.000000930. The number of piperazine rings is 1. The second-order valence-electron chi connectivity index (χ2n) is 12.7. The molecule has 4 heterocycles. The van der Waals surface area contributed by atoms with Crippen LogP contribution in [0.15, 0.2) is 30.9 Å². The van der Waals surface area contributed by atoms with Crippen molar-refractivity contribution in [3.8, 4) is 0 Å². The number of likely N-dealkylation sites (tertiary alicyclic amines) is 1. The number of hydrogen-bond donors (Lipinski definition) is 3. The van der Waals surface area contributed by atoms with Crippen LogP contribution < -0.4 is 16.0 Å². The molecule has 0 atom stereocenters. The minimum Gasteiger partial charge on any atom is -0.371 e. The number of nitrogens with one attached hydrogen (secondary N) is 1. The molecule has 2 amide bonds. The summed E-state index contributed by atoms with van der Waals surface area (Å²) in [6.45, 7) is 15.8. The summed E-state index contributed by atoms with van der Waals surface area (Å²) in [4.78, 5) is 43.5. The molecule has 0 saturated carbocycles. The minimum atomic E-state index is -3.67. The molecule has 47 heavy (non-hydrogen) atoms. The third-order valence-corrected chi connectivity index (χ3v) is 9.25. The zero-order valence-electron chi connectivity index (χ0n) is 28.1. The lowest BCUT2D eigenvalue weighted by atomic mass is 9.91. The van der Waals surface area contributed by atoms with Gasteiger partial charge in [-0.05, 0) is 75.9 Å². The van der Waals surface area contributed by atoms with E-state index in [-0.39, 0.29) is 17.5 Å². The lowest BCUT2D eigenvalue weighted by molar-refractivity contribution is -0.127. The lowest BCUT2D eigenvalue weighted by Crippen LogP contribution is -2.52. The van der Waals surface area contributed by atoms with Crippen LogP contribution in [0.25, 0.3) is 0 Å². The fourth-order valence-corrected chi connectivity index (χ4v) is 6.72. The van der Waals surface area contributed by atoms with Gasteiger partial charge in [-0.2, -0.15) is 8.42 Å². The Hall–Kier alpha value is -3.59. The molecule has 1 aromatic heterocycles. The number of rotatable bonds is 8. The van der Waals surface area contributed by atoms with Crippen molar-refractivity contribution in [3.63, 3.8) is 0 Å². The summed E-state index contributed by atoms with van der Waals surface area (Å²) in [7, 11) is -1.46. The van der Waals surface area contributed by atoms with Crippen LogP contribution in [0.1, 0.15) is 66.0 Å². The number of aryl methyl sites for hydroxylation is 2. The highest BCUT2D eigenvalue weighted by Crippen LogP contribution is 2.33. The normalized spacial score (nSPS) is 18.7. The Morgan fingerprint density at radius 1 is 1.04 bits per heavy atom. The summed E-state index contributed by atoms with van der Waals surface area (Å²) >= 11 is 0. The molecule has 3 aliphatic heterocycles. The van der Waals surface area contributed by atoms with Gasteiger partial charge in [0, 0.05) is 75.7 Å². The molecule has 0 radical (unpaired) electrons. The zero-order chi connectivity index (χ0) is 34.3. The maximum Gasteiger partial charge on any atom is 0.271 e. The van der Waals surface area contributed by atoms with Crippen LogP contribution in [0.5, 0.6) is 0 Å². The topological polar surface area (TPSA) is 165 Å². The first-order chi connectivity index (χ1) is 22.3. The molecule has 0 unspecified atom stereocenters. The fraction of sp³-hybridized carbons (Fsp3) is 0.576. The molecule has 2 aromatic rings. The van der Waals surface area contributed by atoms with Gasteiger partial charge < -0.3 is 25.8 Å². The molecule has 1 aromatic carbocycles. The summed E-state index contributed by atoms with van der Waals surface area (Å²) in [5.74, 6) is -0.102. The molecule has 14 heteroatoms. The van der Waals surface area contributed by atoms with Gasteiger partial charge >= 0.3 is 0 Å². The third-order valence-electron chi connectivity index (χ3n) is 9.25. The van der Waals surface area contributed by atoms with Gasteiger partial charge in [-0.25, -0.2) is 9.97 Å². The summed E-state index contributed by atoms with van der Waals surface area (Å²) in [6, 6.07) is 7.01. The SMILES string of the molecule is C=CC(=O)N1CCC(c2nc(Nc3ccc(N4CCC(N5CCN(C)CC5)CC4)c(C)c3)c(C(N)=O)nc2CC)CC1.CS(=O)(=O)O. The van der Waals surface area contributed by atoms with E-state index >= 15 is 0 Å². The van der Waals surface area contributed by atoms with Crippen LogP contribution in [-0.4, -0.2) is 121 Å². The number of anilines is 3. The van der Waals surface area contributed by atoms with Crippen molar-refractivity contribution in [1.29, 1.82) is 0 Å². The quantitative estimate of drug-likeness (QED) is 0.279. The summed E-state index contributed by atoms with van der Waals surface area (Å²) < 4.78 is 25.9. The highest BCUT2D eigenvalue weighted by atomic mass is 32.2.